The molecule has 0 saturated carbocycles. The first kappa shape index (κ1) is 14.0. The zero-order valence-corrected chi connectivity index (χ0v) is 13.3. The van der Waals surface area contributed by atoms with E-state index < -0.39 is 0 Å². The summed E-state index contributed by atoms with van der Waals surface area (Å²) in [7, 11) is 0. The predicted molar refractivity (Wildman–Crippen MR) is 85.8 cm³/mol. The lowest BCUT2D eigenvalue weighted by molar-refractivity contribution is 0.0320. The Morgan fingerprint density at radius 2 is 2.10 bits per heavy atom. The van der Waals surface area contributed by atoms with E-state index in [1.54, 1.807) is 11.3 Å². The van der Waals surface area contributed by atoms with Gasteiger partial charge in [-0.05, 0) is 56.7 Å². The van der Waals surface area contributed by atoms with Gasteiger partial charge in [-0.25, -0.2) is 10.4 Å². The van der Waals surface area contributed by atoms with Crippen LogP contribution in [0.5, 0.6) is 0 Å². The van der Waals surface area contributed by atoms with E-state index in [1.807, 2.05) is 6.20 Å². The quantitative estimate of drug-likeness (QED) is 0.921. The van der Waals surface area contributed by atoms with Gasteiger partial charge in [0.15, 0.2) is 0 Å². The molecule has 2 aromatic rings. The van der Waals surface area contributed by atoms with Crippen LogP contribution in [-0.4, -0.2) is 22.1 Å². The van der Waals surface area contributed by atoms with Crippen LogP contribution in [0.2, 0.25) is 0 Å². The van der Waals surface area contributed by atoms with E-state index in [1.165, 1.54) is 29.5 Å². The van der Waals surface area contributed by atoms with Gasteiger partial charge < -0.3 is 0 Å². The maximum Gasteiger partial charge on any atom is 0.0809 e. The molecule has 1 fully saturated rings. The van der Waals surface area contributed by atoms with Crippen LogP contribution in [0.3, 0.4) is 0 Å². The second kappa shape index (κ2) is 5.80. The molecule has 0 radical (unpaired) electrons. The molecule has 0 bridgehead atoms. The van der Waals surface area contributed by atoms with Gasteiger partial charge in [0.05, 0.1) is 10.2 Å². The number of fused-ring (bicyclic) bond motifs is 1. The molecule has 3 nitrogen and oxygen atoms in total. The van der Waals surface area contributed by atoms with Crippen molar-refractivity contribution in [3.8, 4) is 0 Å². The number of nitrogens with zero attached hydrogens (tertiary/aromatic N) is 2. The van der Waals surface area contributed by atoms with Gasteiger partial charge in [-0.3, -0.25) is 4.98 Å². The molecule has 3 unspecified atom stereocenters. The monoisotopic (exact) mass is 289 g/mol. The van der Waals surface area contributed by atoms with Crippen molar-refractivity contribution in [1.82, 2.24) is 15.4 Å². The summed E-state index contributed by atoms with van der Waals surface area (Å²) in [5, 5.41) is 4.54. The Morgan fingerprint density at radius 3 is 2.85 bits per heavy atom. The third kappa shape index (κ3) is 2.73. The highest BCUT2D eigenvalue weighted by Crippen LogP contribution is 2.25. The minimum Gasteiger partial charge on any atom is -0.255 e. The number of nitrogens with one attached hydrogen (secondary N) is 1. The molecule has 0 spiro atoms. The molecule has 108 valence electrons. The summed E-state index contributed by atoms with van der Waals surface area (Å²) >= 11 is 1.76. The number of pyridine rings is 1. The Labute approximate surface area is 125 Å². The summed E-state index contributed by atoms with van der Waals surface area (Å²) in [4.78, 5) is 4.55. The summed E-state index contributed by atoms with van der Waals surface area (Å²) in [6, 6.07) is 5.87. The van der Waals surface area contributed by atoms with Gasteiger partial charge in [-0.1, -0.05) is 6.42 Å². The molecule has 3 atom stereocenters. The zero-order valence-electron chi connectivity index (χ0n) is 12.5. The summed E-state index contributed by atoms with van der Waals surface area (Å²) < 4.78 is 1.27. The largest absolute Gasteiger partial charge is 0.255 e. The summed E-state index contributed by atoms with van der Waals surface area (Å²) in [6.07, 6.45) is 5.92. The highest BCUT2D eigenvalue weighted by atomic mass is 32.1. The van der Waals surface area contributed by atoms with E-state index in [4.69, 9.17) is 0 Å². The molecule has 0 aliphatic carbocycles. The van der Waals surface area contributed by atoms with Crippen LogP contribution in [0.15, 0.2) is 23.7 Å². The smallest absolute Gasteiger partial charge is 0.0809 e. The fourth-order valence-corrected chi connectivity index (χ4v) is 3.86. The Balaban J connectivity index is 1.75. The van der Waals surface area contributed by atoms with Crippen LogP contribution in [0.25, 0.3) is 10.2 Å². The van der Waals surface area contributed by atoms with Crippen molar-refractivity contribution in [1.29, 1.82) is 0 Å². The number of rotatable bonds is 3. The lowest BCUT2D eigenvalue weighted by atomic mass is 9.99. The van der Waals surface area contributed by atoms with Crippen molar-refractivity contribution in [3.63, 3.8) is 0 Å². The lowest BCUT2D eigenvalue weighted by Gasteiger charge is -2.40. The van der Waals surface area contributed by atoms with E-state index >= 15 is 0 Å². The maximum absolute atomic E-state index is 4.55. The van der Waals surface area contributed by atoms with E-state index in [0.29, 0.717) is 18.1 Å². The molecule has 20 heavy (non-hydrogen) atoms. The highest BCUT2D eigenvalue weighted by Gasteiger charge is 2.26. The van der Waals surface area contributed by atoms with Crippen LogP contribution in [0.1, 0.15) is 51.6 Å². The topological polar surface area (TPSA) is 28.2 Å². The van der Waals surface area contributed by atoms with Crippen molar-refractivity contribution < 1.29 is 0 Å². The fraction of sp³-hybridized carbons (Fsp3) is 0.562. The van der Waals surface area contributed by atoms with Crippen molar-refractivity contribution in [2.75, 3.05) is 0 Å². The van der Waals surface area contributed by atoms with E-state index in [-0.39, 0.29) is 0 Å². The van der Waals surface area contributed by atoms with Crippen LogP contribution in [0, 0.1) is 0 Å². The molecule has 1 aliphatic rings. The minimum atomic E-state index is 0.303. The molecule has 1 saturated heterocycles. The highest BCUT2D eigenvalue weighted by molar-refractivity contribution is 7.17. The van der Waals surface area contributed by atoms with Gasteiger partial charge in [-0.15, -0.1) is 11.3 Å². The number of hydrogen-bond donors (Lipinski definition) is 1. The third-order valence-electron chi connectivity index (χ3n) is 4.36. The minimum absolute atomic E-state index is 0.303. The molecular weight excluding hydrogens is 266 g/mol. The normalized spacial score (nSPS) is 25.9. The second-order valence-electron chi connectivity index (χ2n) is 5.96. The first-order chi connectivity index (χ1) is 9.65. The average Bonchev–Trinajstić information content (AvgIpc) is 2.90. The number of aromatic nitrogens is 1. The van der Waals surface area contributed by atoms with Crippen LogP contribution >= 0.6 is 11.3 Å². The Morgan fingerprint density at radius 1 is 1.35 bits per heavy atom. The standard InChI is InChI=1S/C16H23N3S/c1-11-5-4-6-12(2)19(11)18-13(3)14-9-16-15(17-10-14)7-8-20-16/h7-13,18H,4-6H2,1-3H3. The summed E-state index contributed by atoms with van der Waals surface area (Å²) in [5.74, 6) is 0. The van der Waals surface area contributed by atoms with Crippen LogP contribution in [-0.2, 0) is 0 Å². The number of hydrazine groups is 1. The molecule has 4 heteroatoms. The Bertz CT molecular complexity index is 570. The summed E-state index contributed by atoms with van der Waals surface area (Å²) in [5.41, 5.74) is 6.06. The van der Waals surface area contributed by atoms with Crippen LogP contribution in [0.4, 0.5) is 0 Å². The molecule has 0 aromatic carbocycles. The van der Waals surface area contributed by atoms with Gasteiger partial charge in [0.2, 0.25) is 0 Å². The molecule has 3 heterocycles. The van der Waals surface area contributed by atoms with Gasteiger partial charge in [0.1, 0.15) is 0 Å². The SMILES string of the molecule is CC(NN1C(C)CCCC1C)c1cnc2ccsc2c1. The molecule has 3 rings (SSSR count). The predicted octanol–water partition coefficient (Wildman–Crippen LogP) is 4.12. The van der Waals surface area contributed by atoms with E-state index in [9.17, 15) is 0 Å². The van der Waals surface area contributed by atoms with Crippen molar-refractivity contribution >= 4 is 21.6 Å². The van der Waals surface area contributed by atoms with E-state index in [0.717, 1.165) is 5.52 Å². The molecule has 1 aliphatic heterocycles. The fourth-order valence-electron chi connectivity index (χ4n) is 3.07. The summed E-state index contributed by atoms with van der Waals surface area (Å²) in [6.45, 7) is 6.86. The number of thiophene rings is 1. The Hall–Kier alpha value is -0.970. The number of hydrogen-bond acceptors (Lipinski definition) is 4. The Kier molecular flexibility index (Phi) is 4.06. The molecule has 0 amide bonds. The third-order valence-corrected chi connectivity index (χ3v) is 5.21. The van der Waals surface area contributed by atoms with Gasteiger partial charge in [0.25, 0.3) is 0 Å². The molecule has 2 aromatic heterocycles. The number of piperidine rings is 1. The average molecular weight is 289 g/mol. The van der Waals surface area contributed by atoms with E-state index in [2.05, 4.69) is 53.7 Å². The maximum atomic E-state index is 4.55. The lowest BCUT2D eigenvalue weighted by Crippen LogP contribution is -2.52. The first-order valence-corrected chi connectivity index (χ1v) is 8.41. The molecule has 1 N–H and O–H groups in total. The zero-order chi connectivity index (χ0) is 14.1. The van der Waals surface area contributed by atoms with Gasteiger partial charge in [-0.2, -0.15) is 0 Å². The van der Waals surface area contributed by atoms with Crippen molar-refractivity contribution in [2.24, 2.45) is 0 Å². The van der Waals surface area contributed by atoms with Gasteiger partial charge in [0, 0.05) is 24.3 Å². The van der Waals surface area contributed by atoms with Crippen LogP contribution < -0.4 is 5.43 Å². The van der Waals surface area contributed by atoms with Gasteiger partial charge >= 0.3 is 0 Å². The van der Waals surface area contributed by atoms with Crippen molar-refractivity contribution in [2.45, 2.75) is 58.2 Å². The second-order valence-corrected chi connectivity index (χ2v) is 6.91. The van der Waals surface area contributed by atoms with Crippen molar-refractivity contribution in [3.05, 3.63) is 29.3 Å². The first-order valence-electron chi connectivity index (χ1n) is 7.53. The molecular formula is C16H23N3S.